The highest BCUT2D eigenvalue weighted by Crippen LogP contribution is 2.20. The number of rotatable bonds is 2. The van der Waals surface area contributed by atoms with Crippen molar-refractivity contribution in [2.45, 2.75) is 25.9 Å². The number of hydrogen-bond acceptors (Lipinski definition) is 2. The maximum atomic E-state index is 12.7. The molecular formula is C20H22N2O2. The Balaban J connectivity index is 1.75. The molecule has 0 radical (unpaired) electrons. The standard InChI is InChI=1S/C20H22N2O2/c1-15-13-22(20(24)18-11-7-4-8-12-18)16(2)14-21(15)19(23)17-9-5-3-6-10-17/h3-12,15-16H,13-14H2,1-2H3/t15-,16-/m0/s1. The molecule has 0 unspecified atom stereocenters. The van der Waals surface area contributed by atoms with Crippen LogP contribution in [0.3, 0.4) is 0 Å². The zero-order valence-corrected chi connectivity index (χ0v) is 14.1. The molecule has 1 fully saturated rings. The minimum atomic E-state index is -0.0124. The van der Waals surface area contributed by atoms with E-state index in [0.29, 0.717) is 24.2 Å². The molecule has 24 heavy (non-hydrogen) atoms. The molecular weight excluding hydrogens is 300 g/mol. The summed E-state index contributed by atoms with van der Waals surface area (Å²) in [5.74, 6) is 0.0588. The van der Waals surface area contributed by atoms with Crippen LogP contribution in [0.4, 0.5) is 0 Å². The number of amides is 2. The molecule has 1 saturated heterocycles. The molecule has 3 rings (SSSR count). The number of piperazine rings is 1. The van der Waals surface area contributed by atoms with Gasteiger partial charge in [0, 0.05) is 36.3 Å². The van der Waals surface area contributed by atoms with Gasteiger partial charge in [-0.3, -0.25) is 9.59 Å². The number of nitrogens with zero attached hydrogens (tertiary/aromatic N) is 2. The molecule has 0 aliphatic carbocycles. The molecule has 1 aliphatic heterocycles. The average molecular weight is 322 g/mol. The average Bonchev–Trinajstić information content (AvgIpc) is 2.63. The molecule has 4 heteroatoms. The van der Waals surface area contributed by atoms with Crippen molar-refractivity contribution < 1.29 is 9.59 Å². The quantitative estimate of drug-likeness (QED) is 0.852. The Morgan fingerprint density at radius 2 is 1.04 bits per heavy atom. The van der Waals surface area contributed by atoms with E-state index in [4.69, 9.17) is 0 Å². The summed E-state index contributed by atoms with van der Waals surface area (Å²) in [5, 5.41) is 0. The van der Waals surface area contributed by atoms with E-state index < -0.39 is 0 Å². The fourth-order valence-electron chi connectivity index (χ4n) is 3.19. The van der Waals surface area contributed by atoms with Crippen LogP contribution in [0.1, 0.15) is 34.6 Å². The van der Waals surface area contributed by atoms with Crippen molar-refractivity contribution >= 4 is 11.8 Å². The van der Waals surface area contributed by atoms with Gasteiger partial charge in [-0.05, 0) is 38.1 Å². The third kappa shape index (κ3) is 3.18. The number of carbonyl (C=O) groups excluding carboxylic acids is 2. The smallest absolute Gasteiger partial charge is 0.254 e. The highest BCUT2D eigenvalue weighted by Gasteiger charge is 2.34. The predicted octanol–water partition coefficient (Wildman–Crippen LogP) is 3.06. The number of benzene rings is 2. The molecule has 0 bridgehead atoms. The first-order valence-corrected chi connectivity index (χ1v) is 8.30. The summed E-state index contributed by atoms with van der Waals surface area (Å²) in [7, 11) is 0. The van der Waals surface area contributed by atoms with Crippen LogP contribution in [0.15, 0.2) is 60.7 Å². The van der Waals surface area contributed by atoms with Crippen LogP contribution in [0, 0.1) is 0 Å². The van der Waals surface area contributed by atoms with E-state index in [9.17, 15) is 9.59 Å². The first-order chi connectivity index (χ1) is 11.6. The molecule has 0 saturated carbocycles. The summed E-state index contributed by atoms with van der Waals surface area (Å²) >= 11 is 0. The van der Waals surface area contributed by atoms with E-state index in [2.05, 4.69) is 0 Å². The van der Waals surface area contributed by atoms with Crippen molar-refractivity contribution in [1.82, 2.24) is 9.80 Å². The zero-order chi connectivity index (χ0) is 17.1. The van der Waals surface area contributed by atoms with Gasteiger partial charge in [0.1, 0.15) is 0 Å². The van der Waals surface area contributed by atoms with Gasteiger partial charge in [0.25, 0.3) is 11.8 Å². The largest absolute Gasteiger partial charge is 0.332 e. The van der Waals surface area contributed by atoms with Gasteiger partial charge < -0.3 is 9.80 Å². The van der Waals surface area contributed by atoms with Gasteiger partial charge >= 0.3 is 0 Å². The third-order valence-corrected chi connectivity index (χ3v) is 4.55. The Hall–Kier alpha value is -2.62. The van der Waals surface area contributed by atoms with E-state index in [1.54, 1.807) is 0 Å². The zero-order valence-electron chi connectivity index (χ0n) is 14.1. The molecule has 1 aliphatic rings. The van der Waals surface area contributed by atoms with Crippen LogP contribution in [-0.4, -0.2) is 46.8 Å². The van der Waals surface area contributed by atoms with Gasteiger partial charge in [0.05, 0.1) is 0 Å². The normalized spacial score (nSPS) is 20.8. The number of hydrogen-bond donors (Lipinski definition) is 0. The van der Waals surface area contributed by atoms with E-state index >= 15 is 0 Å². The monoisotopic (exact) mass is 322 g/mol. The van der Waals surface area contributed by atoms with Crippen molar-refractivity contribution in [2.24, 2.45) is 0 Å². The molecule has 2 aromatic carbocycles. The van der Waals surface area contributed by atoms with Crippen molar-refractivity contribution in [3.05, 3.63) is 71.8 Å². The van der Waals surface area contributed by atoms with Crippen LogP contribution in [0.5, 0.6) is 0 Å². The van der Waals surface area contributed by atoms with Crippen LogP contribution < -0.4 is 0 Å². The summed E-state index contributed by atoms with van der Waals surface area (Å²) < 4.78 is 0. The number of carbonyl (C=O) groups is 2. The second-order valence-corrected chi connectivity index (χ2v) is 6.35. The molecule has 2 amide bonds. The van der Waals surface area contributed by atoms with Gasteiger partial charge in [-0.25, -0.2) is 0 Å². The SMILES string of the molecule is C[C@H]1CN(C(=O)c2ccccc2)[C@@H](C)CN1C(=O)c1ccccc1. The summed E-state index contributed by atoms with van der Waals surface area (Å²) in [6.45, 7) is 5.09. The van der Waals surface area contributed by atoms with Crippen LogP contribution in [0.25, 0.3) is 0 Å². The van der Waals surface area contributed by atoms with Gasteiger partial charge in [0.2, 0.25) is 0 Å². The van der Waals surface area contributed by atoms with Crippen molar-refractivity contribution in [3.63, 3.8) is 0 Å². The molecule has 2 atom stereocenters. The van der Waals surface area contributed by atoms with E-state index in [1.807, 2.05) is 84.3 Å². The lowest BCUT2D eigenvalue weighted by Gasteiger charge is -2.44. The molecule has 0 spiro atoms. The molecule has 1 heterocycles. The van der Waals surface area contributed by atoms with Crippen LogP contribution in [0.2, 0.25) is 0 Å². The van der Waals surface area contributed by atoms with Crippen molar-refractivity contribution in [3.8, 4) is 0 Å². The van der Waals surface area contributed by atoms with Gasteiger partial charge in [-0.15, -0.1) is 0 Å². The van der Waals surface area contributed by atoms with Crippen molar-refractivity contribution in [2.75, 3.05) is 13.1 Å². The predicted molar refractivity (Wildman–Crippen MR) is 93.9 cm³/mol. The van der Waals surface area contributed by atoms with Crippen LogP contribution >= 0.6 is 0 Å². The fourth-order valence-corrected chi connectivity index (χ4v) is 3.19. The fraction of sp³-hybridized carbons (Fsp3) is 0.300. The topological polar surface area (TPSA) is 40.6 Å². The van der Waals surface area contributed by atoms with E-state index in [-0.39, 0.29) is 23.9 Å². The lowest BCUT2D eigenvalue weighted by atomic mass is 10.0. The summed E-state index contributed by atoms with van der Waals surface area (Å²) in [4.78, 5) is 29.2. The summed E-state index contributed by atoms with van der Waals surface area (Å²) in [5.41, 5.74) is 1.39. The Kier molecular flexibility index (Phi) is 4.65. The molecule has 0 aromatic heterocycles. The molecule has 0 N–H and O–H groups in total. The minimum Gasteiger partial charge on any atom is -0.332 e. The summed E-state index contributed by atoms with van der Waals surface area (Å²) in [6.07, 6.45) is 0. The molecule has 124 valence electrons. The lowest BCUT2D eigenvalue weighted by molar-refractivity contribution is 0.0270. The second kappa shape index (κ2) is 6.87. The lowest BCUT2D eigenvalue weighted by Crippen LogP contribution is -2.59. The Morgan fingerprint density at radius 3 is 1.38 bits per heavy atom. The van der Waals surface area contributed by atoms with E-state index in [1.165, 1.54) is 0 Å². The second-order valence-electron chi connectivity index (χ2n) is 6.35. The summed E-state index contributed by atoms with van der Waals surface area (Å²) in [6, 6.07) is 18.6. The van der Waals surface area contributed by atoms with Crippen molar-refractivity contribution in [1.29, 1.82) is 0 Å². The molecule has 4 nitrogen and oxygen atoms in total. The Labute approximate surface area is 142 Å². The van der Waals surface area contributed by atoms with E-state index in [0.717, 1.165) is 0 Å². The first-order valence-electron chi connectivity index (χ1n) is 8.30. The third-order valence-electron chi connectivity index (χ3n) is 4.55. The highest BCUT2D eigenvalue weighted by molar-refractivity contribution is 5.96. The molecule has 2 aromatic rings. The highest BCUT2D eigenvalue weighted by atomic mass is 16.2. The van der Waals surface area contributed by atoms with Gasteiger partial charge in [0.15, 0.2) is 0 Å². The Bertz CT molecular complexity index is 651. The van der Waals surface area contributed by atoms with Crippen LogP contribution in [-0.2, 0) is 0 Å². The maximum absolute atomic E-state index is 12.7. The minimum absolute atomic E-state index is 0.0124. The maximum Gasteiger partial charge on any atom is 0.254 e. The first kappa shape index (κ1) is 16.2. The Morgan fingerprint density at radius 1 is 0.708 bits per heavy atom. The van der Waals surface area contributed by atoms with Gasteiger partial charge in [-0.2, -0.15) is 0 Å². The van der Waals surface area contributed by atoms with Gasteiger partial charge in [-0.1, -0.05) is 36.4 Å².